The molecule has 3 fully saturated rings. The fourth-order valence-electron chi connectivity index (χ4n) is 10.3. The Labute approximate surface area is 395 Å². The van der Waals surface area contributed by atoms with Crippen LogP contribution in [-0.2, 0) is 28.5 Å². The van der Waals surface area contributed by atoms with E-state index < -0.39 is 30.2 Å². The van der Waals surface area contributed by atoms with E-state index in [-0.39, 0.29) is 42.5 Å². The third-order valence-electron chi connectivity index (χ3n) is 13.5. The van der Waals surface area contributed by atoms with Crippen LogP contribution in [-0.4, -0.2) is 99.3 Å². The molecule has 3 aliphatic heterocycles. The molecule has 354 valence electrons. The van der Waals surface area contributed by atoms with Gasteiger partial charge in [0.1, 0.15) is 23.3 Å². The van der Waals surface area contributed by atoms with Gasteiger partial charge in [-0.1, -0.05) is 87.5 Å². The molecule has 3 aliphatic rings. The number of benzene rings is 5. The zero-order valence-electron chi connectivity index (χ0n) is 39.7. The average Bonchev–Trinajstić information content (AvgIpc) is 4.11. The highest BCUT2D eigenvalue weighted by Gasteiger charge is 2.43. The summed E-state index contributed by atoms with van der Waals surface area (Å²) >= 11 is 0. The number of amides is 3. The molecule has 0 saturated carbocycles. The number of carbonyl (C=O) groups is 3. The highest BCUT2D eigenvalue weighted by Crippen LogP contribution is 2.40. The molecule has 15 nitrogen and oxygen atoms in total. The van der Waals surface area contributed by atoms with Gasteiger partial charge in [0.05, 0.1) is 46.8 Å². The van der Waals surface area contributed by atoms with Crippen LogP contribution in [0.15, 0.2) is 91.0 Å². The van der Waals surface area contributed by atoms with E-state index in [0.29, 0.717) is 43.4 Å². The summed E-state index contributed by atoms with van der Waals surface area (Å²) in [6, 6.07) is 28.6. The minimum Gasteiger partial charge on any atom is -0.444 e. The predicted octanol–water partition coefficient (Wildman–Crippen LogP) is 9.03. The first-order chi connectivity index (χ1) is 32.7. The quantitative estimate of drug-likeness (QED) is 0.0926. The second kappa shape index (κ2) is 18.3. The number of ether oxygens (including phenoxy) is 4. The van der Waals surface area contributed by atoms with Crippen LogP contribution < -0.4 is 10.6 Å². The maximum absolute atomic E-state index is 14.6. The standard InChI is InChI=1S/C53H60N8O7/c1-29(2)43(59-52-66-28-67-52)49(62)60-25-30(3)21-41(60)47-54-39-19-15-35-23-33(13-17-37(35)45(39)56-47)34-14-18-38-36(24-34)16-20-40-46(38)57-48(55-40)42-22-31(27-65-7)26-61(42)50(63)44(32-11-9-8-10-12-32)58-51(64)68-53(4,5)6/h8-20,23-24,29-31,41-44,52,59H,21-22,25-28H2,1-7H3,(H,54,56)(H,55,57)(H,58,64)/t30-,31-,41-,42-,43-,44+/m0/s1. The van der Waals surface area contributed by atoms with E-state index in [1.165, 1.54) is 0 Å². The van der Waals surface area contributed by atoms with Gasteiger partial charge in [0.25, 0.3) is 5.91 Å². The molecule has 0 aliphatic carbocycles. The first kappa shape index (κ1) is 45.4. The molecule has 4 N–H and O–H groups in total. The molecule has 6 atom stereocenters. The predicted molar refractivity (Wildman–Crippen MR) is 260 cm³/mol. The summed E-state index contributed by atoms with van der Waals surface area (Å²) < 4.78 is 22.0. The number of nitrogens with zero attached hydrogens (tertiary/aromatic N) is 4. The number of rotatable bonds is 12. The summed E-state index contributed by atoms with van der Waals surface area (Å²) in [6.45, 7) is 13.4. The molecule has 0 radical (unpaired) electrons. The van der Waals surface area contributed by atoms with Crippen molar-refractivity contribution in [2.45, 2.75) is 90.6 Å². The number of likely N-dealkylation sites (tertiary alicyclic amines) is 2. The Morgan fingerprint density at radius 2 is 1.37 bits per heavy atom. The molecule has 7 aromatic rings. The van der Waals surface area contributed by atoms with Crippen molar-refractivity contribution in [2.24, 2.45) is 17.8 Å². The van der Waals surface area contributed by atoms with Crippen LogP contribution in [0.1, 0.15) is 89.7 Å². The zero-order valence-corrected chi connectivity index (χ0v) is 39.7. The van der Waals surface area contributed by atoms with Crippen molar-refractivity contribution in [1.82, 2.24) is 40.4 Å². The van der Waals surface area contributed by atoms with E-state index in [2.05, 4.69) is 82.1 Å². The first-order valence-corrected chi connectivity index (χ1v) is 23.7. The Morgan fingerprint density at radius 3 is 1.91 bits per heavy atom. The third-order valence-corrected chi connectivity index (χ3v) is 13.5. The second-order valence-electron chi connectivity index (χ2n) is 20.1. The summed E-state index contributed by atoms with van der Waals surface area (Å²) in [5, 5.41) is 10.2. The summed E-state index contributed by atoms with van der Waals surface area (Å²) in [6.07, 6.45) is 0.234. The maximum atomic E-state index is 14.6. The lowest BCUT2D eigenvalue weighted by molar-refractivity contribution is -0.335. The van der Waals surface area contributed by atoms with Crippen molar-refractivity contribution < 1.29 is 33.3 Å². The Morgan fingerprint density at radius 1 is 0.779 bits per heavy atom. The number of carbonyl (C=O) groups excluding carboxylic acids is 3. The lowest BCUT2D eigenvalue weighted by Crippen LogP contribution is -2.56. The van der Waals surface area contributed by atoms with E-state index in [9.17, 15) is 14.4 Å². The van der Waals surface area contributed by atoms with Crippen LogP contribution in [0.3, 0.4) is 0 Å². The van der Waals surface area contributed by atoms with Gasteiger partial charge in [-0.3, -0.25) is 14.9 Å². The first-order valence-electron chi connectivity index (χ1n) is 23.7. The largest absolute Gasteiger partial charge is 0.444 e. The average molecular weight is 921 g/mol. The van der Waals surface area contributed by atoms with E-state index in [1.807, 2.05) is 60.0 Å². The molecule has 0 spiro atoms. The summed E-state index contributed by atoms with van der Waals surface area (Å²) in [5.41, 5.74) is 5.57. The second-order valence-corrected chi connectivity index (χ2v) is 20.1. The Bertz CT molecular complexity index is 3010. The Hall–Kier alpha value is -6.39. The minimum absolute atomic E-state index is 0.0269. The van der Waals surface area contributed by atoms with E-state index in [1.54, 1.807) is 27.9 Å². The lowest BCUT2D eigenvalue weighted by atomic mass is 9.98. The van der Waals surface area contributed by atoms with Crippen molar-refractivity contribution in [2.75, 3.05) is 33.6 Å². The number of fused-ring (bicyclic) bond motifs is 6. The molecule has 5 aromatic carbocycles. The molecule has 68 heavy (non-hydrogen) atoms. The number of imidazole rings is 2. The number of aromatic nitrogens is 4. The number of alkyl carbamates (subject to hydrolysis) is 1. The van der Waals surface area contributed by atoms with Gasteiger partial charge < -0.3 is 44.0 Å². The van der Waals surface area contributed by atoms with Crippen LogP contribution >= 0.6 is 0 Å². The van der Waals surface area contributed by atoms with Gasteiger partial charge in [-0.25, -0.2) is 14.8 Å². The van der Waals surface area contributed by atoms with Gasteiger partial charge in [-0.2, -0.15) is 0 Å². The van der Waals surface area contributed by atoms with Crippen molar-refractivity contribution in [3.8, 4) is 11.1 Å². The van der Waals surface area contributed by atoms with Gasteiger partial charge in [0.15, 0.2) is 6.79 Å². The Balaban J connectivity index is 0.917. The van der Waals surface area contributed by atoms with Crippen molar-refractivity contribution in [3.63, 3.8) is 0 Å². The van der Waals surface area contributed by atoms with Crippen LogP contribution in [0.4, 0.5) is 4.79 Å². The number of H-pyrrole nitrogens is 2. The molecule has 0 unspecified atom stereocenters. The van der Waals surface area contributed by atoms with Gasteiger partial charge in [0, 0.05) is 36.9 Å². The maximum Gasteiger partial charge on any atom is 0.408 e. The highest BCUT2D eigenvalue weighted by molar-refractivity contribution is 6.07. The third kappa shape index (κ3) is 8.91. The summed E-state index contributed by atoms with van der Waals surface area (Å²) in [7, 11) is 1.67. The van der Waals surface area contributed by atoms with Crippen LogP contribution in [0, 0.1) is 17.8 Å². The fourth-order valence-corrected chi connectivity index (χ4v) is 10.3. The molecule has 3 amide bonds. The number of nitrogens with one attached hydrogen (secondary N) is 4. The molecule has 5 heterocycles. The van der Waals surface area contributed by atoms with E-state index in [4.69, 9.17) is 28.9 Å². The molecular formula is C53H60N8O7. The number of aromatic amines is 2. The smallest absolute Gasteiger partial charge is 0.408 e. The lowest BCUT2D eigenvalue weighted by Gasteiger charge is -2.35. The van der Waals surface area contributed by atoms with E-state index >= 15 is 0 Å². The molecule has 10 rings (SSSR count). The van der Waals surface area contributed by atoms with E-state index in [0.717, 1.165) is 67.0 Å². The molecule has 0 bridgehead atoms. The Kier molecular flexibility index (Phi) is 12.2. The fraction of sp³-hybridized carbons (Fsp3) is 0.415. The topological polar surface area (TPSA) is 176 Å². The highest BCUT2D eigenvalue weighted by atomic mass is 16.9. The van der Waals surface area contributed by atoms with Crippen molar-refractivity contribution in [1.29, 1.82) is 0 Å². The molecule has 3 saturated heterocycles. The summed E-state index contributed by atoms with van der Waals surface area (Å²) in [4.78, 5) is 63.1. The number of hydrogen-bond acceptors (Lipinski definition) is 10. The van der Waals surface area contributed by atoms with Crippen LogP contribution in [0.25, 0.3) is 54.7 Å². The minimum atomic E-state index is -0.963. The SMILES string of the molecule is COC[C@H]1C[C@@H](c2nc3c(ccc4cc(-c5ccc6c(ccc7[nH]c([C@@H]8C[C@H](C)CN8C(=O)[C@@H](NC8OCO8)C(C)C)nc76)c5)ccc43)[nH]2)N(C(=O)[C@H](NC(=O)OC(C)(C)C)c2ccccc2)C1. The zero-order chi connectivity index (χ0) is 47.4. The molecule has 15 heteroatoms. The van der Waals surface area contributed by atoms with Crippen molar-refractivity contribution in [3.05, 3.63) is 108 Å². The molecule has 2 aromatic heterocycles. The summed E-state index contributed by atoms with van der Waals surface area (Å²) in [5.74, 6) is 1.70. The van der Waals surface area contributed by atoms with Gasteiger partial charge in [-0.15, -0.1) is 0 Å². The van der Waals surface area contributed by atoms with Gasteiger partial charge in [0.2, 0.25) is 12.3 Å². The monoisotopic (exact) mass is 920 g/mol. The normalized spacial score (nSPS) is 21.0. The van der Waals surface area contributed by atoms with Crippen molar-refractivity contribution >= 4 is 61.5 Å². The number of hydrogen-bond donors (Lipinski definition) is 4. The van der Waals surface area contributed by atoms with Gasteiger partial charge >= 0.3 is 6.09 Å². The molecular weight excluding hydrogens is 861 g/mol. The van der Waals surface area contributed by atoms with Crippen LogP contribution in [0.2, 0.25) is 0 Å². The van der Waals surface area contributed by atoms with Crippen LogP contribution in [0.5, 0.6) is 0 Å². The number of methoxy groups -OCH3 is 1. The van der Waals surface area contributed by atoms with Gasteiger partial charge in [-0.05, 0) is 97.2 Å².